The highest BCUT2D eigenvalue weighted by atomic mass is 16.5. The third-order valence-corrected chi connectivity index (χ3v) is 5.47. The molecule has 3 aromatic rings. The topological polar surface area (TPSA) is 58.0 Å². The molecule has 1 fully saturated rings. The van der Waals surface area contributed by atoms with Crippen LogP contribution in [0.3, 0.4) is 0 Å². The van der Waals surface area contributed by atoms with Gasteiger partial charge in [0.1, 0.15) is 0 Å². The number of para-hydroxylation sites is 1. The Morgan fingerprint density at radius 1 is 1.16 bits per heavy atom. The molecule has 1 aliphatic rings. The Kier molecular flexibility index (Phi) is 4.34. The van der Waals surface area contributed by atoms with E-state index in [4.69, 9.17) is 4.52 Å². The van der Waals surface area contributed by atoms with Crippen LogP contribution in [0.2, 0.25) is 0 Å². The average molecular weight is 338 g/mol. The van der Waals surface area contributed by atoms with Gasteiger partial charge in [0.15, 0.2) is 5.82 Å². The molecule has 0 bridgehead atoms. The molecule has 0 aliphatic carbocycles. The van der Waals surface area contributed by atoms with Gasteiger partial charge >= 0.3 is 0 Å². The molecule has 1 saturated heterocycles. The summed E-state index contributed by atoms with van der Waals surface area (Å²) in [6.45, 7) is 8.47. The molecule has 132 valence electrons. The van der Waals surface area contributed by atoms with Crippen LogP contribution in [-0.4, -0.2) is 33.1 Å². The van der Waals surface area contributed by atoms with Crippen molar-refractivity contribution < 1.29 is 4.52 Å². The number of H-pyrrole nitrogens is 1. The number of nitrogens with zero attached hydrogens (tertiary/aromatic N) is 3. The molecule has 5 heteroatoms. The third kappa shape index (κ3) is 3.09. The van der Waals surface area contributed by atoms with E-state index in [1.54, 1.807) is 0 Å². The van der Waals surface area contributed by atoms with Crippen LogP contribution in [-0.2, 0) is 0 Å². The van der Waals surface area contributed by atoms with Crippen molar-refractivity contribution in [3.63, 3.8) is 0 Å². The van der Waals surface area contributed by atoms with Gasteiger partial charge in [-0.3, -0.25) is 4.90 Å². The number of aromatic nitrogens is 3. The number of benzene rings is 1. The SMILES string of the molecule is CC(C)c1noc(C(C)N2CCC(c3c[nH]c4ccccc34)CC2)n1. The van der Waals surface area contributed by atoms with Gasteiger partial charge in [0.2, 0.25) is 5.89 Å². The summed E-state index contributed by atoms with van der Waals surface area (Å²) < 4.78 is 5.49. The summed E-state index contributed by atoms with van der Waals surface area (Å²) in [5.41, 5.74) is 2.70. The molecule has 2 aromatic heterocycles. The fourth-order valence-corrected chi connectivity index (χ4v) is 3.84. The minimum atomic E-state index is 0.184. The Bertz CT molecular complexity index is 842. The van der Waals surface area contributed by atoms with Crippen LogP contribution in [0.4, 0.5) is 0 Å². The summed E-state index contributed by atoms with van der Waals surface area (Å²) in [4.78, 5) is 10.4. The lowest BCUT2D eigenvalue weighted by atomic mass is 9.88. The predicted octanol–water partition coefficient (Wildman–Crippen LogP) is 4.61. The van der Waals surface area contributed by atoms with E-state index in [0.29, 0.717) is 11.8 Å². The molecule has 1 aliphatic heterocycles. The zero-order valence-corrected chi connectivity index (χ0v) is 15.2. The summed E-state index contributed by atoms with van der Waals surface area (Å²) in [5.74, 6) is 2.47. The maximum Gasteiger partial charge on any atom is 0.243 e. The van der Waals surface area contributed by atoms with Crippen molar-refractivity contribution in [3.05, 3.63) is 47.7 Å². The highest BCUT2D eigenvalue weighted by Crippen LogP contribution is 2.35. The average Bonchev–Trinajstić information content (AvgIpc) is 3.29. The number of nitrogens with one attached hydrogen (secondary N) is 1. The molecule has 0 radical (unpaired) electrons. The molecule has 1 aromatic carbocycles. The highest BCUT2D eigenvalue weighted by Gasteiger charge is 2.28. The van der Waals surface area contributed by atoms with Gasteiger partial charge in [-0.05, 0) is 50.4 Å². The summed E-state index contributed by atoms with van der Waals surface area (Å²) in [6.07, 6.45) is 4.52. The monoisotopic (exact) mass is 338 g/mol. The fraction of sp³-hybridized carbons (Fsp3) is 0.500. The molecule has 4 rings (SSSR count). The lowest BCUT2D eigenvalue weighted by molar-refractivity contribution is 0.136. The van der Waals surface area contributed by atoms with Crippen molar-refractivity contribution in [3.8, 4) is 0 Å². The molecule has 1 N–H and O–H groups in total. The summed E-state index contributed by atoms with van der Waals surface area (Å²) in [5, 5.41) is 5.47. The van der Waals surface area contributed by atoms with Crippen LogP contribution in [0.15, 0.2) is 35.0 Å². The van der Waals surface area contributed by atoms with Gasteiger partial charge in [-0.1, -0.05) is 37.2 Å². The smallest absolute Gasteiger partial charge is 0.243 e. The standard InChI is InChI=1S/C20H26N4O/c1-13(2)19-22-20(25-23-19)14(3)24-10-8-15(9-11-24)17-12-21-18-7-5-4-6-16(17)18/h4-7,12-15,21H,8-11H2,1-3H3. The number of piperidine rings is 1. The number of aromatic amines is 1. The van der Waals surface area contributed by atoms with Crippen molar-refractivity contribution in [2.75, 3.05) is 13.1 Å². The van der Waals surface area contributed by atoms with E-state index >= 15 is 0 Å². The van der Waals surface area contributed by atoms with E-state index in [9.17, 15) is 0 Å². The largest absolute Gasteiger partial charge is 0.361 e. The molecular formula is C20H26N4O. The maximum absolute atomic E-state index is 5.49. The molecule has 0 spiro atoms. The first-order valence-corrected chi connectivity index (χ1v) is 9.27. The van der Waals surface area contributed by atoms with Crippen LogP contribution in [0, 0.1) is 0 Å². The minimum Gasteiger partial charge on any atom is -0.361 e. The predicted molar refractivity (Wildman–Crippen MR) is 98.6 cm³/mol. The quantitative estimate of drug-likeness (QED) is 0.754. The summed E-state index contributed by atoms with van der Waals surface area (Å²) in [6, 6.07) is 8.77. The van der Waals surface area contributed by atoms with Gasteiger partial charge in [-0.2, -0.15) is 4.98 Å². The van der Waals surface area contributed by atoms with Crippen LogP contribution >= 0.6 is 0 Å². The third-order valence-electron chi connectivity index (χ3n) is 5.47. The van der Waals surface area contributed by atoms with E-state index < -0.39 is 0 Å². The maximum atomic E-state index is 5.49. The highest BCUT2D eigenvalue weighted by molar-refractivity contribution is 5.83. The van der Waals surface area contributed by atoms with Crippen LogP contribution in [0.5, 0.6) is 0 Å². The van der Waals surface area contributed by atoms with E-state index in [-0.39, 0.29) is 6.04 Å². The molecular weight excluding hydrogens is 312 g/mol. The number of likely N-dealkylation sites (tertiary alicyclic amines) is 1. The van der Waals surface area contributed by atoms with Gasteiger partial charge in [-0.15, -0.1) is 0 Å². The lowest BCUT2D eigenvalue weighted by Crippen LogP contribution is -2.35. The van der Waals surface area contributed by atoms with Crippen molar-refractivity contribution in [1.82, 2.24) is 20.0 Å². The molecule has 25 heavy (non-hydrogen) atoms. The lowest BCUT2D eigenvalue weighted by Gasteiger charge is -2.34. The second-order valence-corrected chi connectivity index (χ2v) is 7.42. The van der Waals surface area contributed by atoms with E-state index in [1.165, 1.54) is 16.5 Å². The first kappa shape index (κ1) is 16.3. The zero-order valence-electron chi connectivity index (χ0n) is 15.2. The molecule has 0 saturated carbocycles. The van der Waals surface area contributed by atoms with Crippen molar-refractivity contribution in [2.45, 2.75) is 51.5 Å². The molecule has 0 amide bonds. The minimum absolute atomic E-state index is 0.184. The van der Waals surface area contributed by atoms with Crippen molar-refractivity contribution >= 4 is 10.9 Å². The Labute approximate surface area is 148 Å². The van der Waals surface area contributed by atoms with Crippen LogP contribution < -0.4 is 0 Å². The Hall–Kier alpha value is -2.14. The Balaban J connectivity index is 1.44. The van der Waals surface area contributed by atoms with Gasteiger partial charge in [0, 0.05) is 23.0 Å². The first-order valence-electron chi connectivity index (χ1n) is 9.27. The number of fused-ring (bicyclic) bond motifs is 1. The normalized spacial score (nSPS) is 18.2. The van der Waals surface area contributed by atoms with Gasteiger partial charge in [0.25, 0.3) is 0 Å². The second kappa shape index (κ2) is 6.64. The van der Waals surface area contributed by atoms with Gasteiger partial charge in [0.05, 0.1) is 6.04 Å². The summed E-state index contributed by atoms with van der Waals surface area (Å²) >= 11 is 0. The first-order chi connectivity index (χ1) is 12.1. The van der Waals surface area contributed by atoms with Crippen LogP contribution in [0.25, 0.3) is 10.9 Å². The molecule has 3 heterocycles. The van der Waals surface area contributed by atoms with E-state index in [0.717, 1.165) is 37.6 Å². The molecule has 1 atom stereocenters. The molecule has 5 nitrogen and oxygen atoms in total. The number of hydrogen-bond acceptors (Lipinski definition) is 4. The zero-order chi connectivity index (χ0) is 17.4. The Morgan fingerprint density at radius 3 is 2.64 bits per heavy atom. The Morgan fingerprint density at radius 2 is 1.92 bits per heavy atom. The second-order valence-electron chi connectivity index (χ2n) is 7.42. The van der Waals surface area contributed by atoms with Crippen molar-refractivity contribution in [1.29, 1.82) is 0 Å². The summed E-state index contributed by atoms with van der Waals surface area (Å²) in [7, 11) is 0. The van der Waals surface area contributed by atoms with Gasteiger partial charge in [-0.25, -0.2) is 0 Å². The van der Waals surface area contributed by atoms with Gasteiger partial charge < -0.3 is 9.51 Å². The van der Waals surface area contributed by atoms with Crippen molar-refractivity contribution in [2.24, 2.45) is 0 Å². The van der Waals surface area contributed by atoms with E-state index in [1.807, 2.05) is 0 Å². The molecule has 1 unspecified atom stereocenters. The van der Waals surface area contributed by atoms with Crippen LogP contribution in [0.1, 0.15) is 68.8 Å². The fourth-order valence-electron chi connectivity index (χ4n) is 3.84. The number of hydrogen-bond donors (Lipinski definition) is 1. The van der Waals surface area contributed by atoms with E-state index in [2.05, 4.69) is 71.3 Å². The number of rotatable bonds is 4.